The van der Waals surface area contributed by atoms with Crippen LogP contribution in [0.4, 0.5) is 0 Å². The summed E-state index contributed by atoms with van der Waals surface area (Å²) in [6.45, 7) is 7.72. The maximum Gasteiger partial charge on any atom is 0.279 e. The molecule has 1 aromatic heterocycles. The molecule has 0 fully saturated rings. The Hall–Kier alpha value is -2.16. The van der Waals surface area contributed by atoms with Gasteiger partial charge in [-0.1, -0.05) is 22.9 Å². The summed E-state index contributed by atoms with van der Waals surface area (Å²) in [7, 11) is 0. The first-order valence-electron chi connectivity index (χ1n) is 10.5. The van der Waals surface area contributed by atoms with Crippen LogP contribution in [0, 0.1) is 0 Å². The largest absolute Gasteiger partial charge is 0.490 e. The molecule has 3 aromatic rings. The predicted octanol–water partition coefficient (Wildman–Crippen LogP) is 5.66. The number of rotatable bonds is 10. The standard InChI is InChI=1S/C23H27ClN2O4S2/c1-5-28-18-12-15(13-19(29-6-2)21(18)30-7-3)22(27)25-23-26(10-11-31-4)17-9-8-16(24)14-20(17)32-23/h8-9,12-14H,5-7,10-11H2,1-4H3. The van der Waals surface area contributed by atoms with Crippen molar-refractivity contribution in [2.75, 3.05) is 31.8 Å². The van der Waals surface area contributed by atoms with Crippen LogP contribution in [0.1, 0.15) is 31.1 Å². The van der Waals surface area contributed by atoms with E-state index < -0.39 is 0 Å². The molecule has 6 nitrogen and oxygen atoms in total. The van der Waals surface area contributed by atoms with Crippen LogP contribution in [-0.4, -0.2) is 42.3 Å². The number of carbonyl (C=O) groups is 1. The van der Waals surface area contributed by atoms with Crippen molar-refractivity contribution in [3.63, 3.8) is 0 Å². The molecule has 1 amide bonds. The number of amides is 1. The van der Waals surface area contributed by atoms with Crippen molar-refractivity contribution < 1.29 is 19.0 Å². The number of thiazole rings is 1. The topological polar surface area (TPSA) is 62.0 Å². The Labute approximate surface area is 201 Å². The van der Waals surface area contributed by atoms with Gasteiger partial charge >= 0.3 is 0 Å². The van der Waals surface area contributed by atoms with Crippen LogP contribution < -0.4 is 19.0 Å². The van der Waals surface area contributed by atoms with E-state index in [0.717, 1.165) is 22.5 Å². The Morgan fingerprint density at radius 3 is 2.31 bits per heavy atom. The van der Waals surface area contributed by atoms with Gasteiger partial charge in [0.25, 0.3) is 5.91 Å². The number of carbonyl (C=O) groups excluding carboxylic acids is 1. The van der Waals surface area contributed by atoms with Crippen LogP contribution >= 0.6 is 34.7 Å². The lowest BCUT2D eigenvalue weighted by Gasteiger charge is -2.16. The third-order valence-electron chi connectivity index (χ3n) is 4.52. The molecule has 0 N–H and O–H groups in total. The SMILES string of the molecule is CCOc1cc(C(=O)N=c2sc3cc(Cl)ccc3n2CCSC)cc(OCC)c1OCC. The molecule has 0 spiro atoms. The summed E-state index contributed by atoms with van der Waals surface area (Å²) >= 11 is 9.36. The fourth-order valence-electron chi connectivity index (χ4n) is 3.19. The van der Waals surface area contributed by atoms with Gasteiger partial charge in [-0.2, -0.15) is 16.8 Å². The highest BCUT2D eigenvalue weighted by atomic mass is 35.5. The van der Waals surface area contributed by atoms with Crippen LogP contribution in [0.3, 0.4) is 0 Å². The van der Waals surface area contributed by atoms with E-state index in [2.05, 4.69) is 15.8 Å². The van der Waals surface area contributed by atoms with E-state index in [1.54, 1.807) is 23.9 Å². The number of benzene rings is 2. The van der Waals surface area contributed by atoms with Crippen molar-refractivity contribution in [2.24, 2.45) is 4.99 Å². The summed E-state index contributed by atoms with van der Waals surface area (Å²) in [5.74, 6) is 1.97. The third kappa shape index (κ3) is 5.60. The molecule has 1 heterocycles. The van der Waals surface area contributed by atoms with Crippen molar-refractivity contribution in [3.05, 3.63) is 45.7 Å². The monoisotopic (exact) mass is 494 g/mol. The molecule has 0 aliphatic carbocycles. The molecule has 0 aliphatic heterocycles. The highest BCUT2D eigenvalue weighted by molar-refractivity contribution is 7.98. The van der Waals surface area contributed by atoms with E-state index in [4.69, 9.17) is 25.8 Å². The van der Waals surface area contributed by atoms with E-state index in [0.29, 0.717) is 52.5 Å². The number of thioether (sulfide) groups is 1. The minimum absolute atomic E-state index is 0.370. The van der Waals surface area contributed by atoms with Crippen molar-refractivity contribution >= 4 is 50.8 Å². The number of fused-ring (bicyclic) bond motifs is 1. The van der Waals surface area contributed by atoms with Gasteiger partial charge in [0.15, 0.2) is 16.3 Å². The number of hydrogen-bond acceptors (Lipinski definition) is 6. The van der Waals surface area contributed by atoms with Gasteiger partial charge in [-0.3, -0.25) is 4.79 Å². The zero-order valence-corrected chi connectivity index (χ0v) is 21.0. The fourth-order valence-corrected chi connectivity index (χ4v) is 4.89. The normalized spacial score (nSPS) is 11.7. The summed E-state index contributed by atoms with van der Waals surface area (Å²) in [5, 5.41) is 0.655. The molecule has 2 aromatic carbocycles. The van der Waals surface area contributed by atoms with Crippen molar-refractivity contribution in [1.82, 2.24) is 4.57 Å². The fraction of sp³-hybridized carbons (Fsp3) is 0.391. The van der Waals surface area contributed by atoms with Crippen LogP contribution in [0.2, 0.25) is 5.02 Å². The average molecular weight is 495 g/mol. The maximum absolute atomic E-state index is 13.2. The Morgan fingerprint density at radius 2 is 1.72 bits per heavy atom. The van der Waals surface area contributed by atoms with Gasteiger partial charge in [-0.15, -0.1) is 0 Å². The van der Waals surface area contributed by atoms with Gasteiger partial charge in [-0.05, 0) is 57.4 Å². The Morgan fingerprint density at radius 1 is 1.06 bits per heavy atom. The predicted molar refractivity (Wildman–Crippen MR) is 133 cm³/mol. The molecule has 172 valence electrons. The van der Waals surface area contributed by atoms with E-state index in [9.17, 15) is 4.79 Å². The smallest absolute Gasteiger partial charge is 0.279 e. The van der Waals surface area contributed by atoms with E-state index in [1.807, 2.05) is 39.0 Å². The molecule has 0 atom stereocenters. The van der Waals surface area contributed by atoms with Gasteiger partial charge in [0, 0.05) is 22.9 Å². The second-order valence-corrected chi connectivity index (χ2v) is 9.09. The lowest BCUT2D eigenvalue weighted by Crippen LogP contribution is -2.18. The second kappa shape index (κ2) is 11.6. The third-order valence-corrected chi connectivity index (χ3v) is 6.38. The van der Waals surface area contributed by atoms with Crippen molar-refractivity contribution in [2.45, 2.75) is 27.3 Å². The van der Waals surface area contributed by atoms with Gasteiger partial charge in [0.2, 0.25) is 5.75 Å². The molecule has 32 heavy (non-hydrogen) atoms. The molecular weight excluding hydrogens is 468 g/mol. The van der Waals surface area contributed by atoms with Crippen LogP contribution in [0.15, 0.2) is 35.3 Å². The van der Waals surface area contributed by atoms with Gasteiger partial charge in [0.05, 0.1) is 30.0 Å². The molecule has 0 aliphatic rings. The summed E-state index contributed by atoms with van der Waals surface area (Å²) < 4.78 is 20.3. The molecule has 0 saturated carbocycles. The molecule has 0 unspecified atom stereocenters. The molecular formula is C23H27ClN2O4S2. The number of hydrogen-bond donors (Lipinski definition) is 0. The minimum atomic E-state index is -0.370. The highest BCUT2D eigenvalue weighted by Gasteiger charge is 2.19. The summed E-state index contributed by atoms with van der Waals surface area (Å²) in [6, 6.07) is 9.05. The van der Waals surface area contributed by atoms with E-state index in [1.165, 1.54) is 11.3 Å². The Kier molecular flexibility index (Phi) is 8.90. The number of aromatic nitrogens is 1. The summed E-state index contributed by atoms with van der Waals surface area (Å²) in [6.07, 6.45) is 2.05. The quantitative estimate of drug-likeness (QED) is 0.364. The number of halogens is 1. The number of nitrogens with zero attached hydrogens (tertiary/aromatic N) is 2. The zero-order valence-electron chi connectivity index (χ0n) is 18.6. The van der Waals surface area contributed by atoms with Crippen LogP contribution in [-0.2, 0) is 6.54 Å². The number of aryl methyl sites for hydroxylation is 1. The summed E-state index contributed by atoms with van der Waals surface area (Å²) in [4.78, 5) is 18.3. The second-order valence-electron chi connectivity index (χ2n) is 6.66. The molecule has 0 radical (unpaired) electrons. The van der Waals surface area contributed by atoms with E-state index in [-0.39, 0.29) is 5.91 Å². The van der Waals surface area contributed by atoms with Gasteiger partial charge in [0.1, 0.15) is 0 Å². The average Bonchev–Trinajstić information content (AvgIpc) is 3.10. The molecule has 9 heteroatoms. The Bertz CT molecular complexity index is 1130. The van der Waals surface area contributed by atoms with Gasteiger partial charge < -0.3 is 18.8 Å². The molecule has 0 bridgehead atoms. The van der Waals surface area contributed by atoms with Crippen molar-refractivity contribution in [3.8, 4) is 17.2 Å². The number of ether oxygens (including phenoxy) is 3. The van der Waals surface area contributed by atoms with E-state index >= 15 is 0 Å². The Balaban J connectivity index is 2.11. The molecule has 3 rings (SSSR count). The zero-order chi connectivity index (χ0) is 23.1. The lowest BCUT2D eigenvalue weighted by atomic mass is 10.1. The molecule has 0 saturated heterocycles. The van der Waals surface area contributed by atoms with Crippen LogP contribution in [0.25, 0.3) is 10.2 Å². The van der Waals surface area contributed by atoms with Crippen molar-refractivity contribution in [1.29, 1.82) is 0 Å². The first-order valence-corrected chi connectivity index (χ1v) is 13.0. The highest BCUT2D eigenvalue weighted by Crippen LogP contribution is 2.39. The first kappa shape index (κ1) is 24.5. The van der Waals surface area contributed by atoms with Crippen LogP contribution in [0.5, 0.6) is 17.2 Å². The maximum atomic E-state index is 13.2. The summed E-state index contributed by atoms with van der Waals surface area (Å²) in [5.41, 5.74) is 1.39. The first-order chi connectivity index (χ1) is 15.5. The lowest BCUT2D eigenvalue weighted by molar-refractivity contribution is 0.0996. The minimum Gasteiger partial charge on any atom is -0.490 e. The van der Waals surface area contributed by atoms with Gasteiger partial charge in [-0.25, -0.2) is 0 Å².